The van der Waals surface area contributed by atoms with Crippen LogP contribution in [0.25, 0.3) is 0 Å². The van der Waals surface area contributed by atoms with Gasteiger partial charge in [-0.2, -0.15) is 5.26 Å². The van der Waals surface area contributed by atoms with Crippen molar-refractivity contribution in [2.75, 3.05) is 11.4 Å². The molecule has 1 aliphatic carbocycles. The summed E-state index contributed by atoms with van der Waals surface area (Å²) in [7, 11) is 0. The molecule has 2 aliphatic rings. The van der Waals surface area contributed by atoms with Gasteiger partial charge in [0.05, 0.1) is 11.6 Å². The third-order valence-corrected chi connectivity index (χ3v) is 4.04. The number of hydrogen-bond acceptors (Lipinski definition) is 2. The summed E-state index contributed by atoms with van der Waals surface area (Å²) in [5, 5.41) is 8.86. The summed E-state index contributed by atoms with van der Waals surface area (Å²) in [6, 6.07) is 9.02. The predicted octanol–water partition coefficient (Wildman–Crippen LogP) is 2.86. The second kappa shape index (κ2) is 3.52. The van der Waals surface area contributed by atoms with Crippen molar-refractivity contribution in [2.45, 2.75) is 32.2 Å². The quantitative estimate of drug-likeness (QED) is 0.715. The molecule has 1 heterocycles. The van der Waals surface area contributed by atoms with E-state index in [0.29, 0.717) is 0 Å². The van der Waals surface area contributed by atoms with E-state index >= 15 is 0 Å². The van der Waals surface area contributed by atoms with Crippen LogP contribution < -0.4 is 4.90 Å². The number of anilines is 1. The zero-order valence-electron chi connectivity index (χ0n) is 9.61. The Hall–Kier alpha value is -1.49. The van der Waals surface area contributed by atoms with E-state index in [1.165, 1.54) is 37.1 Å². The molecule has 2 bridgehead atoms. The first-order valence-corrected chi connectivity index (χ1v) is 6.05. The minimum atomic E-state index is 0.761. The largest absolute Gasteiger partial charge is 0.368 e. The molecule has 1 aromatic rings. The average Bonchev–Trinajstić information content (AvgIpc) is 2.90. The lowest BCUT2D eigenvalue weighted by molar-refractivity contribution is 0.553. The third-order valence-electron chi connectivity index (χ3n) is 4.04. The van der Waals surface area contributed by atoms with Gasteiger partial charge < -0.3 is 4.90 Å². The fourth-order valence-corrected chi connectivity index (χ4v) is 3.27. The Morgan fingerprint density at radius 1 is 1.38 bits per heavy atom. The van der Waals surface area contributed by atoms with Crippen molar-refractivity contribution in [3.8, 4) is 6.07 Å². The summed E-state index contributed by atoms with van der Waals surface area (Å²) >= 11 is 0. The van der Waals surface area contributed by atoms with Crippen molar-refractivity contribution in [3.05, 3.63) is 29.3 Å². The maximum atomic E-state index is 8.86. The lowest BCUT2D eigenvalue weighted by atomic mass is 10.1. The van der Waals surface area contributed by atoms with Gasteiger partial charge in [0.2, 0.25) is 0 Å². The molecule has 2 fully saturated rings. The van der Waals surface area contributed by atoms with Gasteiger partial charge in [0, 0.05) is 18.3 Å². The Bertz CT molecular complexity index is 458. The number of nitriles is 1. The Labute approximate surface area is 96.5 Å². The molecule has 82 valence electrons. The van der Waals surface area contributed by atoms with Gasteiger partial charge in [-0.05, 0) is 55.9 Å². The smallest absolute Gasteiger partial charge is 0.0991 e. The molecular weight excluding hydrogens is 196 g/mol. The van der Waals surface area contributed by atoms with E-state index in [4.69, 9.17) is 5.26 Å². The van der Waals surface area contributed by atoms with Crippen LogP contribution in [0.2, 0.25) is 0 Å². The van der Waals surface area contributed by atoms with Crippen molar-refractivity contribution < 1.29 is 0 Å². The predicted molar refractivity (Wildman–Crippen MR) is 64.4 cm³/mol. The van der Waals surface area contributed by atoms with Crippen LogP contribution >= 0.6 is 0 Å². The highest BCUT2D eigenvalue weighted by molar-refractivity contribution is 5.58. The van der Waals surface area contributed by atoms with Crippen molar-refractivity contribution in [1.82, 2.24) is 0 Å². The lowest BCUT2D eigenvalue weighted by Crippen LogP contribution is -2.32. The highest BCUT2D eigenvalue weighted by atomic mass is 15.2. The highest BCUT2D eigenvalue weighted by Crippen LogP contribution is 2.41. The zero-order chi connectivity index (χ0) is 11.1. The van der Waals surface area contributed by atoms with Crippen LogP contribution in [0, 0.1) is 24.2 Å². The second-order valence-electron chi connectivity index (χ2n) is 5.10. The van der Waals surface area contributed by atoms with Crippen LogP contribution in [0.15, 0.2) is 18.2 Å². The Morgan fingerprint density at radius 2 is 2.25 bits per heavy atom. The number of fused-ring (bicyclic) bond motifs is 2. The average molecular weight is 212 g/mol. The van der Waals surface area contributed by atoms with E-state index in [1.54, 1.807) is 0 Å². The van der Waals surface area contributed by atoms with Gasteiger partial charge in [-0.15, -0.1) is 0 Å². The summed E-state index contributed by atoms with van der Waals surface area (Å²) in [5.74, 6) is 0.917. The summed E-state index contributed by atoms with van der Waals surface area (Å²) in [5.41, 5.74) is 3.35. The van der Waals surface area contributed by atoms with Gasteiger partial charge in [-0.3, -0.25) is 0 Å². The molecule has 0 spiro atoms. The fourth-order valence-electron chi connectivity index (χ4n) is 3.27. The van der Waals surface area contributed by atoms with Gasteiger partial charge in [-0.25, -0.2) is 0 Å². The molecule has 0 amide bonds. The third kappa shape index (κ3) is 1.39. The molecule has 0 unspecified atom stereocenters. The minimum Gasteiger partial charge on any atom is -0.368 e. The van der Waals surface area contributed by atoms with Gasteiger partial charge in [0.25, 0.3) is 0 Å². The van der Waals surface area contributed by atoms with Gasteiger partial charge in [-0.1, -0.05) is 0 Å². The molecule has 3 rings (SSSR count). The van der Waals surface area contributed by atoms with Crippen molar-refractivity contribution in [1.29, 1.82) is 5.26 Å². The van der Waals surface area contributed by atoms with Crippen molar-refractivity contribution in [3.63, 3.8) is 0 Å². The first-order chi connectivity index (χ1) is 7.78. The van der Waals surface area contributed by atoms with E-state index in [1.807, 2.05) is 12.1 Å². The van der Waals surface area contributed by atoms with Crippen molar-refractivity contribution >= 4 is 5.69 Å². The maximum absolute atomic E-state index is 8.86. The summed E-state index contributed by atoms with van der Waals surface area (Å²) < 4.78 is 0. The number of aryl methyl sites for hydroxylation is 1. The number of hydrogen-bond donors (Lipinski definition) is 0. The molecule has 0 N–H and O–H groups in total. The molecule has 16 heavy (non-hydrogen) atoms. The fraction of sp³-hybridized carbons (Fsp3) is 0.500. The molecule has 1 aromatic carbocycles. The van der Waals surface area contributed by atoms with Crippen LogP contribution in [-0.4, -0.2) is 12.6 Å². The molecule has 2 nitrogen and oxygen atoms in total. The van der Waals surface area contributed by atoms with E-state index in [9.17, 15) is 0 Å². The van der Waals surface area contributed by atoms with Crippen LogP contribution in [0.3, 0.4) is 0 Å². The van der Waals surface area contributed by atoms with E-state index in [0.717, 1.165) is 17.5 Å². The van der Waals surface area contributed by atoms with E-state index in [-0.39, 0.29) is 0 Å². The SMILES string of the molecule is Cc1cc(C#N)ccc1N1C[C@H]2CC[C@H]1C2. The number of rotatable bonds is 1. The van der Waals surface area contributed by atoms with Gasteiger partial charge >= 0.3 is 0 Å². The number of nitrogens with zero attached hydrogens (tertiary/aromatic N) is 2. The lowest BCUT2D eigenvalue weighted by Gasteiger charge is -2.30. The maximum Gasteiger partial charge on any atom is 0.0991 e. The number of piperidine rings is 1. The molecule has 0 radical (unpaired) electrons. The van der Waals surface area contributed by atoms with E-state index in [2.05, 4.69) is 24.0 Å². The second-order valence-corrected chi connectivity index (χ2v) is 5.10. The first-order valence-electron chi connectivity index (χ1n) is 6.05. The first kappa shape index (κ1) is 9.72. The van der Waals surface area contributed by atoms with Crippen LogP contribution in [0.5, 0.6) is 0 Å². The van der Waals surface area contributed by atoms with Gasteiger partial charge in [0.1, 0.15) is 0 Å². The Morgan fingerprint density at radius 3 is 2.81 bits per heavy atom. The topological polar surface area (TPSA) is 27.0 Å². The van der Waals surface area contributed by atoms with Crippen LogP contribution in [0.4, 0.5) is 5.69 Å². The van der Waals surface area contributed by atoms with Crippen LogP contribution in [-0.2, 0) is 0 Å². The van der Waals surface area contributed by atoms with Crippen molar-refractivity contribution in [2.24, 2.45) is 5.92 Å². The standard InChI is InChI=1S/C14H16N2/c1-10-6-11(8-15)3-5-14(10)16-9-12-2-4-13(16)7-12/h3,5-6,12-13H,2,4,7,9H2,1H3/t12-,13-/m0/s1. The highest BCUT2D eigenvalue weighted by Gasteiger charge is 2.38. The molecule has 1 saturated carbocycles. The Balaban J connectivity index is 1.93. The molecule has 2 atom stereocenters. The molecular formula is C14H16N2. The van der Waals surface area contributed by atoms with Crippen LogP contribution in [0.1, 0.15) is 30.4 Å². The van der Waals surface area contributed by atoms with E-state index < -0.39 is 0 Å². The zero-order valence-corrected chi connectivity index (χ0v) is 9.61. The molecule has 0 aromatic heterocycles. The number of benzene rings is 1. The normalized spacial score (nSPS) is 27.1. The summed E-state index contributed by atoms with van der Waals surface area (Å²) in [6.07, 6.45) is 4.14. The summed E-state index contributed by atoms with van der Waals surface area (Å²) in [4.78, 5) is 2.55. The molecule has 1 aliphatic heterocycles. The summed E-state index contributed by atoms with van der Waals surface area (Å²) in [6.45, 7) is 3.33. The minimum absolute atomic E-state index is 0.761. The van der Waals surface area contributed by atoms with Gasteiger partial charge in [0.15, 0.2) is 0 Å². The molecule has 2 heteroatoms. The monoisotopic (exact) mass is 212 g/mol. The Kier molecular flexibility index (Phi) is 2.14. The molecule has 1 saturated heterocycles.